The SMILES string of the molecule is CC1(C)c2ccccc2-c2ccc(N(c3ccccc3)c3ccc(-c4cc(-c5ccccc5)cc(-c5ccc(N(c6ccccc6)c6cccc7c6oc6ccccc67)cc5)c4)cc3)cc21. The summed E-state index contributed by atoms with van der Waals surface area (Å²) in [5.41, 5.74) is 20.5. The topological polar surface area (TPSA) is 19.6 Å². The second-order valence-electron chi connectivity index (χ2n) is 17.8. The van der Waals surface area contributed by atoms with Crippen molar-refractivity contribution < 1.29 is 4.42 Å². The molecule has 10 aromatic carbocycles. The maximum Gasteiger partial charge on any atom is 0.159 e. The molecular formula is C63H46N2O. The van der Waals surface area contributed by atoms with Crippen LogP contribution in [0.5, 0.6) is 0 Å². The summed E-state index contributed by atoms with van der Waals surface area (Å²) in [6, 6.07) is 87.5. The van der Waals surface area contributed by atoms with Crippen molar-refractivity contribution in [2.45, 2.75) is 19.3 Å². The molecule has 1 aromatic heterocycles. The van der Waals surface area contributed by atoms with E-state index >= 15 is 0 Å². The number of para-hydroxylation sites is 4. The van der Waals surface area contributed by atoms with Crippen molar-refractivity contribution in [2.75, 3.05) is 9.80 Å². The van der Waals surface area contributed by atoms with Crippen molar-refractivity contribution >= 4 is 56.1 Å². The standard InChI is InChI=1S/C63H46N2O/c1-63(2)58-26-14-12-23-54(58)55-38-37-53(42-59(55)63)64(49-19-8-4-9-20-49)51-33-29-44(30-34-51)47-39-46(43-17-6-3-7-18-43)40-48(41-47)45-31-35-52(36-32-45)65(50-21-10-5-11-22-50)60-27-16-25-57-56-24-13-15-28-61(56)66-62(57)60/h3-42H,1-2H3. The number of furan rings is 1. The Hall–Kier alpha value is -8.40. The molecule has 1 aliphatic carbocycles. The normalized spacial score (nSPS) is 12.5. The van der Waals surface area contributed by atoms with Gasteiger partial charge in [0.2, 0.25) is 0 Å². The van der Waals surface area contributed by atoms with Gasteiger partial charge in [-0.3, -0.25) is 0 Å². The number of hydrogen-bond donors (Lipinski definition) is 0. The number of nitrogens with zero attached hydrogens (tertiary/aromatic N) is 2. The Morgan fingerprint density at radius 1 is 0.318 bits per heavy atom. The Bertz CT molecular complexity index is 3540. The predicted molar refractivity (Wildman–Crippen MR) is 277 cm³/mol. The second-order valence-corrected chi connectivity index (χ2v) is 17.8. The number of rotatable bonds is 9. The highest BCUT2D eigenvalue weighted by Crippen LogP contribution is 2.51. The first-order valence-electron chi connectivity index (χ1n) is 22.7. The van der Waals surface area contributed by atoms with Crippen LogP contribution in [0.3, 0.4) is 0 Å². The highest BCUT2D eigenvalue weighted by atomic mass is 16.3. The Balaban J connectivity index is 0.925. The van der Waals surface area contributed by atoms with Gasteiger partial charge in [0.15, 0.2) is 5.58 Å². The molecule has 1 heterocycles. The Morgan fingerprint density at radius 2 is 0.788 bits per heavy atom. The highest BCUT2D eigenvalue weighted by molar-refractivity contribution is 6.10. The maximum atomic E-state index is 6.57. The third-order valence-electron chi connectivity index (χ3n) is 13.4. The molecule has 0 unspecified atom stereocenters. The summed E-state index contributed by atoms with van der Waals surface area (Å²) in [4.78, 5) is 4.67. The van der Waals surface area contributed by atoms with Crippen molar-refractivity contribution in [3.63, 3.8) is 0 Å². The molecule has 11 aromatic rings. The van der Waals surface area contributed by atoms with Gasteiger partial charge in [0.05, 0.1) is 5.69 Å². The van der Waals surface area contributed by atoms with Crippen LogP contribution in [-0.4, -0.2) is 0 Å². The van der Waals surface area contributed by atoms with Crippen molar-refractivity contribution in [1.29, 1.82) is 0 Å². The predicted octanol–water partition coefficient (Wildman–Crippen LogP) is 17.8. The fourth-order valence-corrected chi connectivity index (χ4v) is 10.1. The van der Waals surface area contributed by atoms with Gasteiger partial charge in [0.1, 0.15) is 5.58 Å². The van der Waals surface area contributed by atoms with E-state index in [1.165, 1.54) is 33.4 Å². The summed E-state index contributed by atoms with van der Waals surface area (Å²) < 4.78 is 6.57. The van der Waals surface area contributed by atoms with Gasteiger partial charge in [0, 0.05) is 44.6 Å². The molecule has 3 heteroatoms. The van der Waals surface area contributed by atoms with Gasteiger partial charge in [-0.15, -0.1) is 0 Å². The highest BCUT2D eigenvalue weighted by Gasteiger charge is 2.35. The van der Waals surface area contributed by atoms with Crippen LogP contribution < -0.4 is 9.80 Å². The molecule has 66 heavy (non-hydrogen) atoms. The zero-order chi connectivity index (χ0) is 44.2. The first kappa shape index (κ1) is 39.2. The average molecular weight is 847 g/mol. The first-order valence-corrected chi connectivity index (χ1v) is 22.7. The van der Waals surface area contributed by atoms with E-state index < -0.39 is 0 Å². The largest absolute Gasteiger partial charge is 0.454 e. The molecule has 0 spiro atoms. The average Bonchev–Trinajstić information content (AvgIpc) is 3.87. The van der Waals surface area contributed by atoms with Crippen molar-refractivity contribution in [3.8, 4) is 44.5 Å². The van der Waals surface area contributed by atoms with E-state index in [1.807, 2.05) is 12.1 Å². The Labute approximate surface area is 386 Å². The molecule has 0 N–H and O–H groups in total. The van der Waals surface area contributed by atoms with Gasteiger partial charge in [-0.1, -0.05) is 166 Å². The third-order valence-corrected chi connectivity index (χ3v) is 13.4. The molecule has 0 radical (unpaired) electrons. The van der Waals surface area contributed by atoms with E-state index in [2.05, 4.69) is 254 Å². The van der Waals surface area contributed by atoms with Gasteiger partial charge in [-0.25, -0.2) is 0 Å². The smallest absolute Gasteiger partial charge is 0.159 e. The molecule has 0 amide bonds. The molecule has 12 rings (SSSR count). The van der Waals surface area contributed by atoms with Crippen LogP contribution in [0, 0.1) is 0 Å². The van der Waals surface area contributed by atoms with Crippen LogP contribution in [-0.2, 0) is 5.41 Å². The molecule has 0 fully saturated rings. The van der Waals surface area contributed by atoms with Crippen LogP contribution in [0.4, 0.5) is 34.1 Å². The monoisotopic (exact) mass is 846 g/mol. The molecular weight excluding hydrogens is 801 g/mol. The summed E-state index contributed by atoms with van der Waals surface area (Å²) in [6.07, 6.45) is 0. The minimum atomic E-state index is -0.0959. The number of benzene rings is 10. The molecule has 3 nitrogen and oxygen atoms in total. The van der Waals surface area contributed by atoms with E-state index in [0.717, 1.165) is 78.3 Å². The lowest BCUT2D eigenvalue weighted by Crippen LogP contribution is -2.16. The van der Waals surface area contributed by atoms with Crippen molar-refractivity contribution in [2.24, 2.45) is 0 Å². The Morgan fingerprint density at radius 3 is 1.44 bits per heavy atom. The lowest BCUT2D eigenvalue weighted by molar-refractivity contribution is 0.660. The van der Waals surface area contributed by atoms with Crippen LogP contribution in [0.15, 0.2) is 247 Å². The zero-order valence-corrected chi connectivity index (χ0v) is 36.9. The van der Waals surface area contributed by atoms with E-state index in [0.29, 0.717) is 0 Å². The summed E-state index contributed by atoms with van der Waals surface area (Å²) in [5, 5.41) is 2.22. The second kappa shape index (κ2) is 16.0. The van der Waals surface area contributed by atoms with Crippen LogP contribution in [0.2, 0.25) is 0 Å². The summed E-state index contributed by atoms with van der Waals surface area (Å²) in [6.45, 7) is 4.69. The van der Waals surface area contributed by atoms with Crippen LogP contribution >= 0.6 is 0 Å². The number of hydrogen-bond acceptors (Lipinski definition) is 3. The summed E-state index contributed by atoms with van der Waals surface area (Å²) >= 11 is 0. The van der Waals surface area contributed by atoms with Crippen LogP contribution in [0.25, 0.3) is 66.4 Å². The number of fused-ring (bicyclic) bond motifs is 6. The molecule has 0 saturated heterocycles. The fraction of sp³-hybridized carbons (Fsp3) is 0.0476. The van der Waals surface area contributed by atoms with Crippen LogP contribution in [0.1, 0.15) is 25.0 Å². The maximum absolute atomic E-state index is 6.57. The molecule has 0 saturated carbocycles. The minimum absolute atomic E-state index is 0.0959. The van der Waals surface area contributed by atoms with Gasteiger partial charge in [-0.2, -0.15) is 0 Å². The van der Waals surface area contributed by atoms with E-state index in [-0.39, 0.29) is 5.41 Å². The first-order chi connectivity index (χ1) is 32.5. The number of anilines is 6. The van der Waals surface area contributed by atoms with Crippen molar-refractivity contribution in [3.05, 3.63) is 254 Å². The van der Waals surface area contributed by atoms with Gasteiger partial charge >= 0.3 is 0 Å². The van der Waals surface area contributed by atoms with Crippen molar-refractivity contribution in [1.82, 2.24) is 0 Å². The molecule has 314 valence electrons. The van der Waals surface area contributed by atoms with Gasteiger partial charge < -0.3 is 14.2 Å². The fourth-order valence-electron chi connectivity index (χ4n) is 10.1. The Kier molecular flexibility index (Phi) is 9.50. The molecule has 1 aliphatic rings. The molecule has 0 aliphatic heterocycles. The minimum Gasteiger partial charge on any atom is -0.454 e. The molecule has 0 atom stereocenters. The summed E-state index contributed by atoms with van der Waals surface area (Å²) in [5.74, 6) is 0. The van der Waals surface area contributed by atoms with E-state index in [4.69, 9.17) is 4.42 Å². The van der Waals surface area contributed by atoms with Gasteiger partial charge in [-0.05, 0) is 147 Å². The van der Waals surface area contributed by atoms with Gasteiger partial charge in [0.25, 0.3) is 0 Å². The lowest BCUT2D eigenvalue weighted by Gasteiger charge is -2.28. The quantitative estimate of drug-likeness (QED) is 0.144. The van der Waals surface area contributed by atoms with E-state index in [9.17, 15) is 0 Å². The molecule has 0 bridgehead atoms. The third kappa shape index (κ3) is 6.76. The van der Waals surface area contributed by atoms with E-state index in [1.54, 1.807) is 0 Å². The summed E-state index contributed by atoms with van der Waals surface area (Å²) in [7, 11) is 0. The zero-order valence-electron chi connectivity index (χ0n) is 36.9. The lowest BCUT2D eigenvalue weighted by atomic mass is 9.82.